The van der Waals surface area contributed by atoms with Gasteiger partial charge in [0.05, 0.1) is 11.5 Å². The van der Waals surface area contributed by atoms with E-state index in [9.17, 15) is 8.78 Å². The van der Waals surface area contributed by atoms with Gasteiger partial charge in [0.25, 0.3) is 5.76 Å². The number of para-hydroxylation sites is 1. The van der Waals surface area contributed by atoms with Gasteiger partial charge in [-0.05, 0) is 38.8 Å². The minimum absolute atomic E-state index is 0.334. The fraction of sp³-hybridized carbons (Fsp3) is 0.500. The zero-order chi connectivity index (χ0) is 14.3. The van der Waals surface area contributed by atoms with Crippen LogP contribution in [0.3, 0.4) is 0 Å². The summed E-state index contributed by atoms with van der Waals surface area (Å²) in [4.78, 5) is 0.553. The van der Waals surface area contributed by atoms with E-state index >= 15 is 0 Å². The third-order valence-electron chi connectivity index (χ3n) is 2.70. The normalized spacial score (nSPS) is 11.4. The topological polar surface area (TPSA) is 35.8 Å². The zero-order valence-corrected chi connectivity index (χ0v) is 11.9. The largest absolute Gasteiger partial charge is 0.384 e. The average molecular weight is 284 g/mol. The minimum atomic E-state index is -2.42. The van der Waals surface area contributed by atoms with Crippen molar-refractivity contribution in [2.75, 3.05) is 11.9 Å². The summed E-state index contributed by atoms with van der Waals surface area (Å²) in [6.45, 7) is 4.47. The van der Waals surface area contributed by atoms with E-state index in [1.54, 1.807) is 18.2 Å². The lowest BCUT2D eigenvalue weighted by Gasteiger charge is -2.16. The maximum atomic E-state index is 12.4. The van der Waals surface area contributed by atoms with E-state index in [0.717, 1.165) is 18.5 Å². The number of nitriles is 1. The summed E-state index contributed by atoms with van der Waals surface area (Å²) in [5, 5.41) is 12.0. The zero-order valence-electron chi connectivity index (χ0n) is 11.1. The Morgan fingerprint density at radius 2 is 2.05 bits per heavy atom. The molecule has 0 aromatic heterocycles. The highest BCUT2D eigenvalue weighted by Crippen LogP contribution is 2.31. The molecule has 0 aliphatic rings. The highest BCUT2D eigenvalue weighted by Gasteiger charge is 2.15. The first-order valence-corrected chi connectivity index (χ1v) is 7.01. The first-order valence-electron chi connectivity index (χ1n) is 6.13. The first-order chi connectivity index (χ1) is 8.94. The van der Waals surface area contributed by atoms with Gasteiger partial charge >= 0.3 is 0 Å². The fourth-order valence-electron chi connectivity index (χ4n) is 1.62. The van der Waals surface area contributed by atoms with E-state index in [-0.39, 0.29) is 5.41 Å². The van der Waals surface area contributed by atoms with Gasteiger partial charge in [0, 0.05) is 17.1 Å². The van der Waals surface area contributed by atoms with Crippen molar-refractivity contribution in [2.45, 2.75) is 37.3 Å². The number of anilines is 1. The Bertz CT molecular complexity index is 441. The van der Waals surface area contributed by atoms with Crippen molar-refractivity contribution in [1.29, 1.82) is 5.26 Å². The molecule has 0 saturated carbocycles. The molecule has 19 heavy (non-hydrogen) atoms. The lowest BCUT2D eigenvalue weighted by Crippen LogP contribution is -2.11. The third-order valence-corrected chi connectivity index (χ3v) is 3.49. The maximum absolute atomic E-state index is 12.4. The molecule has 1 aromatic carbocycles. The summed E-state index contributed by atoms with van der Waals surface area (Å²) in [5.74, 6) is -2.42. The van der Waals surface area contributed by atoms with Crippen LogP contribution in [0.15, 0.2) is 29.2 Å². The van der Waals surface area contributed by atoms with Gasteiger partial charge in [0.1, 0.15) is 0 Å². The Morgan fingerprint density at radius 3 is 2.68 bits per heavy atom. The van der Waals surface area contributed by atoms with Crippen molar-refractivity contribution >= 4 is 17.4 Å². The molecule has 5 heteroatoms. The van der Waals surface area contributed by atoms with Crippen LogP contribution in [0.5, 0.6) is 0 Å². The molecule has 0 heterocycles. The van der Waals surface area contributed by atoms with Crippen LogP contribution in [0, 0.1) is 16.7 Å². The summed E-state index contributed by atoms with van der Waals surface area (Å²) in [5.41, 5.74) is 0.390. The molecule has 0 unspecified atom stereocenters. The molecule has 1 N–H and O–H groups in total. The van der Waals surface area contributed by atoms with E-state index < -0.39 is 5.76 Å². The van der Waals surface area contributed by atoms with E-state index in [1.807, 2.05) is 19.9 Å². The summed E-state index contributed by atoms with van der Waals surface area (Å²) in [7, 11) is 0. The number of halogens is 2. The average Bonchev–Trinajstić information content (AvgIpc) is 2.36. The van der Waals surface area contributed by atoms with Crippen molar-refractivity contribution in [3.63, 3.8) is 0 Å². The minimum Gasteiger partial charge on any atom is -0.384 e. The van der Waals surface area contributed by atoms with Gasteiger partial charge in [0.2, 0.25) is 0 Å². The van der Waals surface area contributed by atoms with Gasteiger partial charge in [-0.2, -0.15) is 14.0 Å². The number of rotatable bonds is 7. The molecular formula is C14H18F2N2S. The van der Waals surface area contributed by atoms with Crippen LogP contribution in [0.4, 0.5) is 14.5 Å². The van der Waals surface area contributed by atoms with Gasteiger partial charge in [-0.1, -0.05) is 23.9 Å². The Kier molecular flexibility index (Phi) is 6.10. The highest BCUT2D eigenvalue weighted by molar-refractivity contribution is 7.99. The maximum Gasteiger partial charge on any atom is 0.288 e. The molecule has 0 aliphatic carbocycles. The molecule has 0 aliphatic heterocycles. The number of nitrogens with zero attached hydrogens (tertiary/aromatic N) is 1. The molecule has 0 spiro atoms. The lowest BCUT2D eigenvalue weighted by molar-refractivity contribution is 0.252. The third kappa shape index (κ3) is 5.93. The molecule has 0 amide bonds. The molecule has 0 radical (unpaired) electrons. The second-order valence-electron chi connectivity index (χ2n) is 4.90. The predicted octanol–water partition coefficient (Wildman–Crippen LogP) is 4.74. The molecule has 104 valence electrons. The summed E-state index contributed by atoms with van der Waals surface area (Å²) in [6, 6.07) is 9.28. The van der Waals surface area contributed by atoms with Crippen LogP contribution in [0.25, 0.3) is 0 Å². The molecule has 1 rings (SSSR count). The van der Waals surface area contributed by atoms with Gasteiger partial charge in [-0.25, -0.2) is 0 Å². The summed E-state index contributed by atoms with van der Waals surface area (Å²) < 4.78 is 24.8. The second kappa shape index (κ2) is 7.34. The molecule has 0 bridgehead atoms. The van der Waals surface area contributed by atoms with Crippen LogP contribution in [-0.4, -0.2) is 12.3 Å². The quantitative estimate of drug-likeness (QED) is 0.580. The van der Waals surface area contributed by atoms with Crippen molar-refractivity contribution < 1.29 is 8.78 Å². The number of hydrogen-bond donors (Lipinski definition) is 1. The summed E-state index contributed by atoms with van der Waals surface area (Å²) >= 11 is 0.545. The van der Waals surface area contributed by atoms with Crippen LogP contribution >= 0.6 is 11.8 Å². The van der Waals surface area contributed by atoms with Gasteiger partial charge in [-0.15, -0.1) is 0 Å². The Morgan fingerprint density at radius 1 is 1.37 bits per heavy atom. The van der Waals surface area contributed by atoms with Crippen molar-refractivity contribution in [2.24, 2.45) is 5.41 Å². The van der Waals surface area contributed by atoms with Crippen molar-refractivity contribution in [1.82, 2.24) is 0 Å². The monoisotopic (exact) mass is 284 g/mol. The smallest absolute Gasteiger partial charge is 0.288 e. The highest BCUT2D eigenvalue weighted by atomic mass is 32.2. The van der Waals surface area contributed by atoms with Crippen LogP contribution in [0.1, 0.15) is 26.7 Å². The standard InChI is InChI=1S/C14H18F2N2S/c1-14(2,10-17)8-5-9-18-11-6-3-4-7-12(11)19-13(15)16/h3-4,6-7,13,18H,5,8-9H2,1-2H3. The molecule has 0 fully saturated rings. The van der Waals surface area contributed by atoms with Crippen molar-refractivity contribution in [3.8, 4) is 6.07 Å². The number of thioether (sulfide) groups is 1. The van der Waals surface area contributed by atoms with E-state index in [4.69, 9.17) is 5.26 Å². The summed E-state index contributed by atoms with van der Waals surface area (Å²) in [6.07, 6.45) is 1.61. The number of nitrogens with one attached hydrogen (secondary N) is 1. The lowest BCUT2D eigenvalue weighted by atomic mass is 9.90. The molecule has 0 atom stereocenters. The van der Waals surface area contributed by atoms with Crippen LogP contribution in [-0.2, 0) is 0 Å². The second-order valence-corrected chi connectivity index (χ2v) is 5.93. The van der Waals surface area contributed by atoms with Gasteiger partial charge < -0.3 is 5.32 Å². The van der Waals surface area contributed by atoms with Crippen LogP contribution in [0.2, 0.25) is 0 Å². The number of alkyl halides is 2. The van der Waals surface area contributed by atoms with E-state index in [2.05, 4.69) is 11.4 Å². The molecule has 2 nitrogen and oxygen atoms in total. The molecule has 1 aromatic rings. The molecular weight excluding hydrogens is 266 g/mol. The van der Waals surface area contributed by atoms with Gasteiger partial charge in [0.15, 0.2) is 0 Å². The van der Waals surface area contributed by atoms with Gasteiger partial charge in [-0.3, -0.25) is 0 Å². The van der Waals surface area contributed by atoms with E-state index in [1.165, 1.54) is 0 Å². The number of hydrogen-bond acceptors (Lipinski definition) is 3. The van der Waals surface area contributed by atoms with E-state index in [0.29, 0.717) is 23.2 Å². The number of benzene rings is 1. The Labute approximate surface area is 117 Å². The fourth-order valence-corrected chi connectivity index (χ4v) is 2.24. The molecule has 0 saturated heterocycles. The van der Waals surface area contributed by atoms with Crippen LogP contribution < -0.4 is 5.32 Å². The van der Waals surface area contributed by atoms with Crippen molar-refractivity contribution in [3.05, 3.63) is 24.3 Å². The SMILES string of the molecule is CC(C)(C#N)CCCNc1ccccc1SC(F)F. The predicted molar refractivity (Wildman–Crippen MR) is 75.4 cm³/mol. The Hall–Kier alpha value is -1.28. The first kappa shape index (κ1) is 15.8. The Balaban J connectivity index is 2.48.